The summed E-state index contributed by atoms with van der Waals surface area (Å²) in [4.78, 5) is 9.24. The van der Waals surface area contributed by atoms with E-state index in [9.17, 15) is 0 Å². The van der Waals surface area contributed by atoms with Crippen molar-refractivity contribution >= 4 is 11.3 Å². The zero-order valence-corrected chi connectivity index (χ0v) is 15.1. The van der Waals surface area contributed by atoms with E-state index in [1.165, 1.54) is 5.69 Å². The van der Waals surface area contributed by atoms with Gasteiger partial charge in [-0.25, -0.2) is 4.98 Å². The molecular formula is C20H19N3OS. The normalized spacial score (nSPS) is 11.1. The lowest BCUT2D eigenvalue weighted by molar-refractivity contribution is 0.492. The van der Waals surface area contributed by atoms with Gasteiger partial charge >= 0.3 is 0 Å². The molecule has 4 rings (SSSR count). The van der Waals surface area contributed by atoms with Crippen LogP contribution in [0.5, 0.6) is 0 Å². The van der Waals surface area contributed by atoms with Crippen molar-refractivity contribution in [3.63, 3.8) is 0 Å². The van der Waals surface area contributed by atoms with Crippen molar-refractivity contribution in [2.75, 3.05) is 0 Å². The maximum absolute atomic E-state index is 5.51. The highest BCUT2D eigenvalue weighted by Gasteiger charge is 2.13. The van der Waals surface area contributed by atoms with Gasteiger partial charge in [0.15, 0.2) is 0 Å². The minimum absolute atomic E-state index is 0.712. The molecule has 4 aromatic heterocycles. The molecule has 0 radical (unpaired) electrons. The van der Waals surface area contributed by atoms with Gasteiger partial charge in [0.05, 0.1) is 24.2 Å². The molecule has 0 bridgehead atoms. The number of pyridine rings is 1. The molecule has 4 heterocycles. The first kappa shape index (κ1) is 15.8. The summed E-state index contributed by atoms with van der Waals surface area (Å²) in [6.07, 6.45) is 4.50. The number of hydrogen-bond donors (Lipinski definition) is 0. The molecule has 0 fully saturated rings. The van der Waals surface area contributed by atoms with Gasteiger partial charge in [0.2, 0.25) is 0 Å². The van der Waals surface area contributed by atoms with Crippen molar-refractivity contribution in [3.8, 4) is 22.0 Å². The molecule has 0 spiro atoms. The zero-order chi connectivity index (χ0) is 17.2. The molecule has 0 N–H and O–H groups in total. The second-order valence-electron chi connectivity index (χ2n) is 5.95. The third kappa shape index (κ3) is 3.15. The van der Waals surface area contributed by atoms with Crippen molar-refractivity contribution < 1.29 is 4.42 Å². The SMILES string of the molecule is CCc1cc(-c2nc(-c3ccc(C)n3Cc3ccco3)cs2)ccn1. The van der Waals surface area contributed by atoms with Gasteiger partial charge in [-0.2, -0.15) is 0 Å². The standard InChI is InChI=1S/C20H19N3OS/c1-3-16-11-15(8-9-21-16)20-22-18(13-25-20)19-7-6-14(2)23(19)12-17-5-4-10-24-17/h4-11,13H,3,12H2,1-2H3. The Morgan fingerprint density at radius 1 is 1.20 bits per heavy atom. The van der Waals surface area contributed by atoms with Crippen LogP contribution in [0.25, 0.3) is 22.0 Å². The van der Waals surface area contributed by atoms with Crippen LogP contribution in [0.15, 0.2) is 58.7 Å². The number of aryl methyl sites for hydroxylation is 2. The number of nitrogens with zero attached hydrogens (tertiary/aromatic N) is 3. The number of rotatable bonds is 5. The monoisotopic (exact) mass is 349 g/mol. The van der Waals surface area contributed by atoms with Crippen molar-refractivity contribution in [1.82, 2.24) is 14.5 Å². The van der Waals surface area contributed by atoms with E-state index in [2.05, 4.69) is 47.0 Å². The highest BCUT2D eigenvalue weighted by Crippen LogP contribution is 2.30. The molecular weight excluding hydrogens is 330 g/mol. The van der Waals surface area contributed by atoms with Crippen LogP contribution in [0.4, 0.5) is 0 Å². The van der Waals surface area contributed by atoms with Crippen LogP contribution in [0.3, 0.4) is 0 Å². The second kappa shape index (κ2) is 6.69. The lowest BCUT2D eigenvalue weighted by Gasteiger charge is -2.08. The Kier molecular flexibility index (Phi) is 4.24. The first-order valence-corrected chi connectivity index (χ1v) is 9.22. The fourth-order valence-corrected chi connectivity index (χ4v) is 3.70. The third-order valence-corrected chi connectivity index (χ3v) is 5.18. The predicted molar refractivity (Wildman–Crippen MR) is 101 cm³/mol. The van der Waals surface area contributed by atoms with E-state index in [0.29, 0.717) is 6.54 Å². The minimum Gasteiger partial charge on any atom is -0.467 e. The molecule has 25 heavy (non-hydrogen) atoms. The van der Waals surface area contributed by atoms with Crippen LogP contribution >= 0.6 is 11.3 Å². The smallest absolute Gasteiger partial charge is 0.124 e. The van der Waals surface area contributed by atoms with Gasteiger partial charge in [-0.1, -0.05) is 6.92 Å². The first-order chi connectivity index (χ1) is 12.2. The van der Waals surface area contributed by atoms with Crippen LogP contribution < -0.4 is 0 Å². The fraction of sp³-hybridized carbons (Fsp3) is 0.200. The maximum atomic E-state index is 5.51. The summed E-state index contributed by atoms with van der Waals surface area (Å²) in [5.41, 5.74) is 5.52. The van der Waals surface area contributed by atoms with Gasteiger partial charge in [0.1, 0.15) is 10.8 Å². The van der Waals surface area contributed by atoms with Crippen LogP contribution in [-0.4, -0.2) is 14.5 Å². The number of hydrogen-bond acceptors (Lipinski definition) is 4. The molecule has 4 nitrogen and oxygen atoms in total. The quantitative estimate of drug-likeness (QED) is 0.498. The Hall–Kier alpha value is -2.66. The van der Waals surface area contributed by atoms with Crippen molar-refractivity contribution in [3.05, 3.63) is 71.4 Å². The van der Waals surface area contributed by atoms with E-state index in [0.717, 1.165) is 39.8 Å². The third-order valence-electron chi connectivity index (χ3n) is 4.29. The largest absolute Gasteiger partial charge is 0.467 e. The molecule has 0 saturated carbocycles. The van der Waals surface area contributed by atoms with Gasteiger partial charge in [-0.3, -0.25) is 4.98 Å². The molecule has 126 valence electrons. The summed E-state index contributed by atoms with van der Waals surface area (Å²) in [6.45, 7) is 4.93. The summed E-state index contributed by atoms with van der Waals surface area (Å²) >= 11 is 1.67. The van der Waals surface area contributed by atoms with E-state index in [-0.39, 0.29) is 0 Å². The van der Waals surface area contributed by atoms with Crippen LogP contribution in [0, 0.1) is 6.92 Å². The van der Waals surface area contributed by atoms with Crippen molar-refractivity contribution in [1.29, 1.82) is 0 Å². The Bertz CT molecular complexity index is 982. The predicted octanol–water partition coefficient (Wildman–Crippen LogP) is 5.19. The van der Waals surface area contributed by atoms with Gasteiger partial charge in [-0.15, -0.1) is 11.3 Å². The van der Waals surface area contributed by atoms with E-state index in [4.69, 9.17) is 9.40 Å². The number of thiazole rings is 1. The van der Waals surface area contributed by atoms with Crippen molar-refractivity contribution in [2.45, 2.75) is 26.8 Å². The van der Waals surface area contributed by atoms with Gasteiger partial charge in [-0.05, 0) is 49.7 Å². The molecule has 0 aliphatic rings. The summed E-state index contributed by atoms with van der Waals surface area (Å²) in [5.74, 6) is 0.942. The molecule has 0 saturated heterocycles. The minimum atomic E-state index is 0.712. The summed E-state index contributed by atoms with van der Waals surface area (Å²) < 4.78 is 7.74. The summed E-state index contributed by atoms with van der Waals surface area (Å²) in [6, 6.07) is 12.3. The average Bonchev–Trinajstić information content (AvgIpc) is 3.38. The Morgan fingerprint density at radius 3 is 2.92 bits per heavy atom. The topological polar surface area (TPSA) is 43.9 Å². The summed E-state index contributed by atoms with van der Waals surface area (Å²) in [7, 11) is 0. The highest BCUT2D eigenvalue weighted by atomic mass is 32.1. The van der Waals surface area contributed by atoms with E-state index >= 15 is 0 Å². The van der Waals surface area contributed by atoms with Crippen LogP contribution in [0.1, 0.15) is 24.1 Å². The number of furan rings is 1. The molecule has 5 heteroatoms. The van der Waals surface area contributed by atoms with Gasteiger partial charge in [0.25, 0.3) is 0 Å². The number of aromatic nitrogens is 3. The Labute approximate surface area is 150 Å². The Morgan fingerprint density at radius 2 is 2.12 bits per heavy atom. The van der Waals surface area contributed by atoms with E-state index < -0.39 is 0 Å². The molecule has 4 aromatic rings. The average molecular weight is 349 g/mol. The van der Waals surface area contributed by atoms with E-state index in [1.807, 2.05) is 24.4 Å². The first-order valence-electron chi connectivity index (χ1n) is 8.34. The highest BCUT2D eigenvalue weighted by molar-refractivity contribution is 7.13. The second-order valence-corrected chi connectivity index (χ2v) is 6.81. The maximum Gasteiger partial charge on any atom is 0.124 e. The Balaban J connectivity index is 1.68. The van der Waals surface area contributed by atoms with E-state index in [1.54, 1.807) is 17.6 Å². The van der Waals surface area contributed by atoms with Crippen LogP contribution in [-0.2, 0) is 13.0 Å². The van der Waals surface area contributed by atoms with Gasteiger partial charge in [0, 0.05) is 28.5 Å². The van der Waals surface area contributed by atoms with Crippen molar-refractivity contribution in [2.24, 2.45) is 0 Å². The molecule has 0 amide bonds. The molecule has 0 unspecified atom stereocenters. The molecule has 0 atom stereocenters. The lowest BCUT2D eigenvalue weighted by Crippen LogP contribution is -2.02. The summed E-state index contributed by atoms with van der Waals surface area (Å²) in [5, 5.41) is 3.14. The molecule has 0 aliphatic heterocycles. The fourth-order valence-electron chi connectivity index (χ4n) is 2.89. The molecule has 0 aliphatic carbocycles. The molecule has 0 aromatic carbocycles. The van der Waals surface area contributed by atoms with Crippen LogP contribution in [0.2, 0.25) is 0 Å². The zero-order valence-electron chi connectivity index (χ0n) is 14.3. The van der Waals surface area contributed by atoms with Gasteiger partial charge < -0.3 is 8.98 Å². The lowest BCUT2D eigenvalue weighted by atomic mass is 10.2.